The van der Waals surface area contributed by atoms with Gasteiger partial charge in [-0.2, -0.15) is 0 Å². The number of nitrogens with one attached hydrogen (secondary N) is 13. The van der Waals surface area contributed by atoms with Crippen LogP contribution in [0.3, 0.4) is 0 Å². The van der Waals surface area contributed by atoms with E-state index in [0.29, 0.717) is 46.0 Å². The number of carbonyl (C=O) groups excluding carboxylic acids is 13. The number of rotatable bonds is 44. The summed E-state index contributed by atoms with van der Waals surface area (Å²) in [7, 11) is 0. The van der Waals surface area contributed by atoms with Crippen molar-refractivity contribution in [3.05, 3.63) is 144 Å². The third-order valence-corrected chi connectivity index (χ3v) is 18.0. The number of aliphatic hydroxyl groups excluding tert-OH is 1. The minimum Gasteiger partial charge on any atom is -0.480 e. The van der Waals surface area contributed by atoms with Crippen LogP contribution in [0.25, 0.3) is 10.9 Å². The number of aromatic amines is 1. The van der Waals surface area contributed by atoms with E-state index in [4.69, 9.17) is 11.5 Å². The second-order valence-corrected chi connectivity index (χ2v) is 28.3. The summed E-state index contributed by atoms with van der Waals surface area (Å²) >= 11 is 0. The van der Waals surface area contributed by atoms with Crippen molar-refractivity contribution in [1.29, 1.82) is 0 Å². The normalized spacial score (nSPS) is 14.9. The number of nitrogens with two attached hydrogens (primary N) is 2. The molecule has 0 spiro atoms. The number of H-pyrrole nitrogens is 1. The Hall–Kier alpha value is -11.1. The van der Waals surface area contributed by atoms with E-state index >= 15 is 0 Å². The number of amides is 13. The van der Waals surface area contributed by atoms with Crippen LogP contribution in [0, 0.1) is 23.7 Å². The topological polar surface area (TPSA) is 492 Å². The van der Waals surface area contributed by atoms with E-state index in [1.54, 1.807) is 156 Å². The summed E-state index contributed by atoms with van der Waals surface area (Å²) in [5, 5.41) is 52.5. The van der Waals surface area contributed by atoms with Crippen molar-refractivity contribution in [1.82, 2.24) is 68.8 Å². The predicted octanol–water partition coefficient (Wildman–Crippen LogP) is 0.391. The largest absolute Gasteiger partial charge is 0.480 e. The van der Waals surface area contributed by atoms with Crippen LogP contribution >= 0.6 is 0 Å². The van der Waals surface area contributed by atoms with Crippen LogP contribution in [-0.2, 0) is 92.8 Å². The van der Waals surface area contributed by atoms with Crippen LogP contribution in [0.15, 0.2) is 121 Å². The first-order valence-corrected chi connectivity index (χ1v) is 36.3. The van der Waals surface area contributed by atoms with Gasteiger partial charge in [0.2, 0.25) is 76.8 Å². The van der Waals surface area contributed by atoms with E-state index in [0.717, 1.165) is 0 Å². The molecule has 13 atom stereocenters. The standard InChI is InChI=1S/C77H107N15O16/c1-11-45(8)65(92-68(98)53(78)33-42(2)3)76(106)83-46(9)66(96)81-40-63(95)84-56(34-43(4)5)71(101)86-57(35-48-23-15-12-16-24-48)70(100)82-47(10)67(97)90-61(41-93)74(104)87-58(36-49-25-17-13-18-26-49)72(102)88-59(38-51-39-80-54-30-22-21-29-52(51)54)73(103)85-55(31-32-62(79)94)69(99)91-64(44(6)7)75(105)89-60(77(107)108)37-50-27-19-14-20-28-50/h12-30,39,42-47,53,55-61,64-65,80,93H,11,31-38,40-41,78H2,1-10H3,(H2,79,94)(H,81,96)(H,82,100)(H,83,106)(H,84,95)(H,85,103)(H,86,101)(H,87,104)(H,88,102)(H,89,105)(H,90,97)(H,91,99)(H,92,98)(H,107,108)/t45-,46-,47-,53-,55-,56-,57-,58-,59-,60-,61-,64-,65-/m0/s1. The summed E-state index contributed by atoms with van der Waals surface area (Å²) in [6.45, 7) is 15.2. The van der Waals surface area contributed by atoms with Crippen LogP contribution in [0.2, 0.25) is 0 Å². The zero-order valence-corrected chi connectivity index (χ0v) is 62.8. The van der Waals surface area contributed by atoms with Crippen molar-refractivity contribution in [3.63, 3.8) is 0 Å². The molecule has 0 aliphatic rings. The number of carboxylic acids is 1. The van der Waals surface area contributed by atoms with E-state index in [-0.39, 0.29) is 49.9 Å². The van der Waals surface area contributed by atoms with Gasteiger partial charge in [-0.1, -0.05) is 171 Å². The maximum Gasteiger partial charge on any atom is 0.326 e. The Kier molecular flexibility index (Phi) is 35.3. The van der Waals surface area contributed by atoms with Crippen LogP contribution in [0.5, 0.6) is 0 Å². The maximum absolute atomic E-state index is 14.9. The van der Waals surface area contributed by atoms with Crippen LogP contribution in [0.1, 0.15) is 124 Å². The molecule has 0 unspecified atom stereocenters. The van der Waals surface area contributed by atoms with Crippen LogP contribution < -0.4 is 75.3 Å². The smallest absolute Gasteiger partial charge is 0.326 e. The van der Waals surface area contributed by atoms with Crippen molar-refractivity contribution >= 4 is 93.7 Å². The van der Waals surface area contributed by atoms with Crippen molar-refractivity contribution in [2.45, 2.75) is 200 Å². The minimum absolute atomic E-state index is 0.0555. The molecule has 108 heavy (non-hydrogen) atoms. The first-order valence-electron chi connectivity index (χ1n) is 36.3. The van der Waals surface area contributed by atoms with E-state index in [2.05, 4.69) is 68.8 Å². The molecule has 19 N–H and O–H groups in total. The molecular weight excluding hydrogens is 1390 g/mol. The van der Waals surface area contributed by atoms with Gasteiger partial charge in [0.1, 0.15) is 66.5 Å². The van der Waals surface area contributed by atoms with Gasteiger partial charge in [-0.05, 0) is 85.1 Å². The fourth-order valence-electron chi connectivity index (χ4n) is 11.7. The average Bonchev–Trinajstić information content (AvgIpc) is 1.65. The molecular formula is C77H107N15O16. The second-order valence-electron chi connectivity index (χ2n) is 28.3. The molecule has 0 saturated carbocycles. The lowest BCUT2D eigenvalue weighted by Crippen LogP contribution is -2.61. The Morgan fingerprint density at radius 2 is 0.843 bits per heavy atom. The molecule has 4 aromatic carbocycles. The number of aliphatic hydroxyl groups is 1. The molecule has 31 nitrogen and oxygen atoms in total. The molecule has 5 rings (SSSR count). The molecule has 0 saturated heterocycles. The first-order chi connectivity index (χ1) is 51.2. The summed E-state index contributed by atoms with van der Waals surface area (Å²) in [4.78, 5) is 196. The van der Waals surface area contributed by atoms with Crippen LogP contribution in [0.4, 0.5) is 0 Å². The number of aromatic nitrogens is 1. The number of carbonyl (C=O) groups is 14. The van der Waals surface area contributed by atoms with Gasteiger partial charge in [-0.15, -0.1) is 0 Å². The highest BCUT2D eigenvalue weighted by Gasteiger charge is 2.38. The van der Waals surface area contributed by atoms with E-state index in [1.165, 1.54) is 13.8 Å². The van der Waals surface area contributed by atoms with Gasteiger partial charge in [-0.25, -0.2) is 4.79 Å². The molecule has 0 aliphatic heterocycles. The predicted molar refractivity (Wildman–Crippen MR) is 402 cm³/mol. The monoisotopic (exact) mass is 1500 g/mol. The second kappa shape index (κ2) is 43.5. The van der Waals surface area contributed by atoms with Gasteiger partial charge in [0.05, 0.1) is 19.2 Å². The van der Waals surface area contributed by atoms with Gasteiger partial charge in [-0.3, -0.25) is 62.3 Å². The molecule has 0 bridgehead atoms. The Bertz CT molecular complexity index is 3880. The van der Waals surface area contributed by atoms with Gasteiger partial charge in [0.25, 0.3) is 0 Å². The van der Waals surface area contributed by atoms with E-state index in [1.807, 2.05) is 20.8 Å². The lowest BCUT2D eigenvalue weighted by molar-refractivity contribution is -0.142. The summed E-state index contributed by atoms with van der Waals surface area (Å²) in [5.74, 6) is -13.5. The fraction of sp³-hybridized carbons (Fsp3) is 0.481. The number of para-hydroxylation sites is 1. The molecule has 13 amide bonds. The molecule has 1 heterocycles. The molecule has 1 aromatic heterocycles. The van der Waals surface area contributed by atoms with Crippen molar-refractivity contribution in [2.24, 2.45) is 35.1 Å². The summed E-state index contributed by atoms with van der Waals surface area (Å²) < 4.78 is 0. The number of primary amides is 1. The number of benzene rings is 4. The van der Waals surface area contributed by atoms with E-state index in [9.17, 15) is 77.3 Å². The summed E-state index contributed by atoms with van der Waals surface area (Å²) in [6, 6.07) is 16.0. The number of carboxylic acid groups (broad SMARTS) is 1. The molecule has 31 heteroatoms. The molecule has 5 aromatic rings. The molecule has 0 radical (unpaired) electrons. The Morgan fingerprint density at radius 3 is 1.34 bits per heavy atom. The summed E-state index contributed by atoms with van der Waals surface area (Å²) in [6.07, 6.45) is 1.02. The van der Waals surface area contributed by atoms with Crippen molar-refractivity contribution in [3.8, 4) is 0 Å². The maximum atomic E-state index is 14.9. The molecule has 0 aliphatic carbocycles. The quantitative estimate of drug-likeness (QED) is 0.0251. The average molecular weight is 1500 g/mol. The fourth-order valence-corrected chi connectivity index (χ4v) is 11.7. The number of hydrogen-bond acceptors (Lipinski definition) is 16. The highest BCUT2D eigenvalue weighted by atomic mass is 16.4. The zero-order valence-electron chi connectivity index (χ0n) is 62.8. The number of fused-ring (bicyclic) bond motifs is 1. The number of hydrogen-bond donors (Lipinski definition) is 17. The molecule has 586 valence electrons. The van der Waals surface area contributed by atoms with Crippen molar-refractivity contribution < 1.29 is 77.3 Å². The first kappa shape index (κ1) is 87.6. The third-order valence-electron chi connectivity index (χ3n) is 18.0. The zero-order chi connectivity index (χ0) is 79.9. The molecule has 0 fully saturated rings. The Morgan fingerprint density at radius 1 is 0.426 bits per heavy atom. The van der Waals surface area contributed by atoms with Crippen molar-refractivity contribution in [2.75, 3.05) is 13.2 Å². The van der Waals surface area contributed by atoms with Gasteiger partial charge in [0, 0.05) is 49.2 Å². The van der Waals surface area contributed by atoms with Gasteiger partial charge >= 0.3 is 5.97 Å². The third kappa shape index (κ3) is 28.7. The van der Waals surface area contributed by atoms with E-state index < -0.39 is 187 Å². The highest BCUT2D eigenvalue weighted by molar-refractivity contribution is 6.00. The summed E-state index contributed by atoms with van der Waals surface area (Å²) in [5.41, 5.74) is 14.5. The highest BCUT2D eigenvalue weighted by Crippen LogP contribution is 2.21. The Labute approximate surface area is 628 Å². The SMILES string of the molecule is CC[C@H](C)[C@H](NC(=O)[C@@H](N)CC(C)C)C(=O)N[C@@H](C)C(=O)NCC(=O)N[C@@H](CC(C)C)C(=O)N[C@@H](Cc1ccccc1)C(=O)N[C@@H](C)C(=O)N[C@@H](CO)C(=O)N[C@@H](Cc1ccccc1)C(=O)N[C@@H](Cc1c[nH]c2ccccc12)C(=O)N[C@@H](CCC(N)=O)C(=O)N[C@H](C(=O)N[C@@H](Cc1ccccc1)C(=O)O)C(C)C. The number of aliphatic carboxylic acids is 1. The Balaban J connectivity index is 1.32. The lowest BCUT2D eigenvalue weighted by Gasteiger charge is -2.28. The van der Waals surface area contributed by atoms with Gasteiger partial charge in [0.15, 0.2) is 0 Å². The van der Waals surface area contributed by atoms with Crippen LogP contribution in [-0.4, -0.2) is 184 Å². The minimum atomic E-state index is -1.79. The lowest BCUT2D eigenvalue weighted by atomic mass is 9.96. The van der Waals surface area contributed by atoms with Gasteiger partial charge < -0.3 is 90.5 Å².